The van der Waals surface area contributed by atoms with Crippen LogP contribution in [-0.2, 0) is 9.47 Å². The maximum atomic E-state index is 5.31. The van der Waals surface area contributed by atoms with Gasteiger partial charge in [0.2, 0.25) is 0 Å². The van der Waals surface area contributed by atoms with Gasteiger partial charge in [-0.15, -0.1) is 0 Å². The van der Waals surface area contributed by atoms with Crippen molar-refractivity contribution in [2.75, 3.05) is 7.11 Å². The highest BCUT2D eigenvalue weighted by atomic mass is 16.7. The molecule has 0 amide bonds. The molecule has 0 aromatic heterocycles. The van der Waals surface area contributed by atoms with Crippen LogP contribution in [0.3, 0.4) is 0 Å². The summed E-state index contributed by atoms with van der Waals surface area (Å²) in [5.41, 5.74) is 0. The third kappa shape index (κ3) is 3.42. The number of ether oxygens (including phenoxy) is 2. The molecule has 0 aromatic rings. The largest absolute Gasteiger partial charge is 0.473 e. The molecule has 2 nitrogen and oxygen atoms in total. The van der Waals surface area contributed by atoms with Gasteiger partial charge in [-0.25, -0.2) is 0 Å². The van der Waals surface area contributed by atoms with Gasteiger partial charge >= 0.3 is 0 Å². The van der Waals surface area contributed by atoms with E-state index in [9.17, 15) is 0 Å². The van der Waals surface area contributed by atoms with Gasteiger partial charge in [0, 0.05) is 13.5 Å². The predicted octanol–water partition coefficient (Wildman–Crippen LogP) is 2.45. The molecule has 1 rings (SSSR count). The molecule has 0 radical (unpaired) electrons. The van der Waals surface area contributed by atoms with Crippen molar-refractivity contribution in [1.29, 1.82) is 0 Å². The number of hydrogen-bond donors (Lipinski definition) is 0. The van der Waals surface area contributed by atoms with E-state index in [-0.39, 0.29) is 6.29 Å². The van der Waals surface area contributed by atoms with Crippen LogP contribution in [0.25, 0.3) is 0 Å². The Hall–Kier alpha value is -0.500. The van der Waals surface area contributed by atoms with Crippen LogP contribution in [0.5, 0.6) is 0 Å². The van der Waals surface area contributed by atoms with Gasteiger partial charge < -0.3 is 9.47 Å². The lowest BCUT2D eigenvalue weighted by atomic mass is 10.1. The molecule has 64 valence electrons. The monoisotopic (exact) mass is 156 g/mol. The molecule has 0 aliphatic carbocycles. The van der Waals surface area contributed by atoms with Crippen molar-refractivity contribution in [1.82, 2.24) is 0 Å². The summed E-state index contributed by atoms with van der Waals surface area (Å²) in [6, 6.07) is 0. The van der Waals surface area contributed by atoms with E-state index in [2.05, 4.69) is 6.08 Å². The topological polar surface area (TPSA) is 18.5 Å². The minimum Gasteiger partial charge on any atom is -0.473 e. The Morgan fingerprint density at radius 2 is 2.27 bits per heavy atom. The van der Waals surface area contributed by atoms with Gasteiger partial charge in [0.15, 0.2) is 6.29 Å². The third-order valence-electron chi connectivity index (χ3n) is 1.90. The highest BCUT2D eigenvalue weighted by Crippen LogP contribution is 2.12. The quantitative estimate of drug-likeness (QED) is 0.580. The molecule has 11 heavy (non-hydrogen) atoms. The second kappa shape index (κ2) is 5.19. The highest BCUT2D eigenvalue weighted by molar-refractivity contribution is 4.75. The zero-order valence-electron chi connectivity index (χ0n) is 7.08. The van der Waals surface area contributed by atoms with Crippen LogP contribution in [0, 0.1) is 0 Å². The van der Waals surface area contributed by atoms with Crippen LogP contribution in [0.1, 0.15) is 32.1 Å². The van der Waals surface area contributed by atoms with Crippen LogP contribution in [-0.4, -0.2) is 13.4 Å². The zero-order chi connectivity index (χ0) is 7.94. The lowest BCUT2D eigenvalue weighted by Gasteiger charge is -2.12. The van der Waals surface area contributed by atoms with Gasteiger partial charge in [0.05, 0.1) is 6.26 Å². The van der Waals surface area contributed by atoms with Crippen molar-refractivity contribution in [3.05, 3.63) is 12.3 Å². The van der Waals surface area contributed by atoms with Crippen LogP contribution < -0.4 is 0 Å². The fraction of sp³-hybridized carbons (Fsp3) is 0.778. The Morgan fingerprint density at radius 1 is 1.36 bits per heavy atom. The molecule has 0 N–H and O–H groups in total. The predicted molar refractivity (Wildman–Crippen MR) is 44.1 cm³/mol. The van der Waals surface area contributed by atoms with Crippen LogP contribution in [0.2, 0.25) is 0 Å². The van der Waals surface area contributed by atoms with Crippen molar-refractivity contribution >= 4 is 0 Å². The fourth-order valence-corrected chi connectivity index (χ4v) is 1.20. The van der Waals surface area contributed by atoms with E-state index < -0.39 is 0 Å². The van der Waals surface area contributed by atoms with Gasteiger partial charge in [-0.2, -0.15) is 0 Å². The second-order valence-corrected chi connectivity index (χ2v) is 2.81. The first-order valence-electron chi connectivity index (χ1n) is 4.27. The van der Waals surface area contributed by atoms with Gasteiger partial charge in [-0.3, -0.25) is 0 Å². The molecule has 1 aliphatic rings. The molecule has 0 aromatic carbocycles. The lowest BCUT2D eigenvalue weighted by Crippen LogP contribution is -2.11. The van der Waals surface area contributed by atoms with Crippen molar-refractivity contribution in [2.45, 2.75) is 38.4 Å². The lowest BCUT2D eigenvalue weighted by molar-refractivity contribution is -0.0873. The Morgan fingerprint density at radius 3 is 3.09 bits per heavy atom. The minimum absolute atomic E-state index is 0.0238. The first kappa shape index (κ1) is 8.60. The van der Waals surface area contributed by atoms with Gasteiger partial charge in [-0.05, 0) is 25.3 Å². The number of hydrogen-bond acceptors (Lipinski definition) is 2. The molecule has 1 heterocycles. The van der Waals surface area contributed by atoms with E-state index >= 15 is 0 Å². The molecule has 0 fully saturated rings. The highest BCUT2D eigenvalue weighted by Gasteiger charge is 2.05. The zero-order valence-corrected chi connectivity index (χ0v) is 7.08. The Balaban J connectivity index is 2.30. The molecular weight excluding hydrogens is 140 g/mol. The summed E-state index contributed by atoms with van der Waals surface area (Å²) >= 11 is 0. The number of allylic oxidation sites excluding steroid dienone is 1. The first-order chi connectivity index (χ1) is 5.43. The third-order valence-corrected chi connectivity index (χ3v) is 1.90. The Labute approximate surface area is 68.2 Å². The molecule has 1 aliphatic heterocycles. The first-order valence-corrected chi connectivity index (χ1v) is 4.27. The fourth-order valence-electron chi connectivity index (χ4n) is 1.20. The molecule has 2 heteroatoms. The average Bonchev–Trinajstić information content (AvgIpc) is 2.16. The maximum Gasteiger partial charge on any atom is 0.198 e. The summed E-state index contributed by atoms with van der Waals surface area (Å²) in [6.45, 7) is 0. The minimum atomic E-state index is -0.0238. The van der Waals surface area contributed by atoms with Gasteiger partial charge in [0.1, 0.15) is 0 Å². The van der Waals surface area contributed by atoms with Crippen molar-refractivity contribution in [3.8, 4) is 0 Å². The molecule has 1 unspecified atom stereocenters. The summed E-state index contributed by atoms with van der Waals surface area (Å²) in [4.78, 5) is 0. The summed E-state index contributed by atoms with van der Waals surface area (Å²) in [5, 5.41) is 0. The van der Waals surface area contributed by atoms with Gasteiger partial charge in [-0.1, -0.05) is 6.42 Å². The SMILES string of the molecule is COC1CCCCC/C=C/O1. The number of methoxy groups -OCH3 is 1. The standard InChI is InChI=1S/C9H16O2/c1-10-9-7-5-3-2-4-6-8-11-9/h6,8-9H,2-5,7H2,1H3/b8-6+. The summed E-state index contributed by atoms with van der Waals surface area (Å²) in [7, 11) is 1.69. The molecule has 0 saturated carbocycles. The maximum absolute atomic E-state index is 5.31. The summed E-state index contributed by atoms with van der Waals surface area (Å²) in [5.74, 6) is 0. The Kier molecular flexibility index (Phi) is 4.06. The van der Waals surface area contributed by atoms with Crippen LogP contribution >= 0.6 is 0 Å². The van der Waals surface area contributed by atoms with Crippen molar-refractivity contribution in [3.63, 3.8) is 0 Å². The van der Waals surface area contributed by atoms with E-state index in [0.29, 0.717) is 0 Å². The van der Waals surface area contributed by atoms with E-state index in [4.69, 9.17) is 9.47 Å². The molecular formula is C9H16O2. The normalized spacial score (nSPS) is 29.4. The molecule has 0 saturated heterocycles. The van der Waals surface area contributed by atoms with Crippen molar-refractivity contribution < 1.29 is 9.47 Å². The smallest absolute Gasteiger partial charge is 0.198 e. The summed E-state index contributed by atoms with van der Waals surface area (Å²) in [6.07, 6.45) is 9.72. The van der Waals surface area contributed by atoms with E-state index in [1.807, 2.05) is 0 Å². The molecule has 0 bridgehead atoms. The van der Waals surface area contributed by atoms with Crippen LogP contribution in [0.15, 0.2) is 12.3 Å². The summed E-state index contributed by atoms with van der Waals surface area (Å²) < 4.78 is 10.4. The molecule has 0 spiro atoms. The van der Waals surface area contributed by atoms with Crippen LogP contribution in [0.4, 0.5) is 0 Å². The second-order valence-electron chi connectivity index (χ2n) is 2.81. The Bertz CT molecular complexity index is 121. The van der Waals surface area contributed by atoms with E-state index in [1.54, 1.807) is 13.4 Å². The van der Waals surface area contributed by atoms with E-state index in [1.165, 1.54) is 19.3 Å². The number of rotatable bonds is 1. The van der Waals surface area contributed by atoms with Crippen molar-refractivity contribution in [2.24, 2.45) is 0 Å². The molecule has 1 atom stereocenters. The van der Waals surface area contributed by atoms with Gasteiger partial charge in [0.25, 0.3) is 0 Å². The average molecular weight is 156 g/mol. The van der Waals surface area contributed by atoms with E-state index in [0.717, 1.165) is 12.8 Å².